The van der Waals surface area contributed by atoms with Gasteiger partial charge < -0.3 is 10.1 Å². The predicted molar refractivity (Wildman–Crippen MR) is 50.1 cm³/mol. The van der Waals surface area contributed by atoms with Crippen molar-refractivity contribution in [1.82, 2.24) is 10.7 Å². The maximum Gasteiger partial charge on any atom is 0.206 e. The molecule has 4 N–H and O–H groups in total. The van der Waals surface area contributed by atoms with E-state index in [1.165, 1.54) is 12.8 Å². The molecule has 2 rings (SSSR count). The van der Waals surface area contributed by atoms with Crippen LogP contribution in [0.15, 0.2) is 4.99 Å². The van der Waals surface area contributed by atoms with Crippen LogP contribution in [0.5, 0.6) is 0 Å². The van der Waals surface area contributed by atoms with Gasteiger partial charge in [0.25, 0.3) is 0 Å². The number of guanidine groups is 1. The summed E-state index contributed by atoms with van der Waals surface area (Å²) in [6, 6.07) is 0.856. The lowest BCUT2D eigenvalue weighted by atomic mass is 10.3. The van der Waals surface area contributed by atoms with Crippen LogP contribution in [0.25, 0.3) is 0 Å². The Morgan fingerprint density at radius 2 is 2.23 bits per heavy atom. The molecule has 0 bridgehead atoms. The molecule has 5 nitrogen and oxygen atoms in total. The van der Waals surface area contributed by atoms with E-state index >= 15 is 0 Å². The SMILES string of the molecule is NNC(=NC1CC1)NC1CCOC1. The molecule has 1 aliphatic heterocycles. The summed E-state index contributed by atoms with van der Waals surface area (Å²) in [6.07, 6.45) is 3.41. The fourth-order valence-electron chi connectivity index (χ4n) is 1.34. The van der Waals surface area contributed by atoms with Crippen molar-refractivity contribution in [1.29, 1.82) is 0 Å². The minimum Gasteiger partial charge on any atom is -0.379 e. The van der Waals surface area contributed by atoms with E-state index in [1.54, 1.807) is 0 Å². The Balaban J connectivity index is 1.81. The van der Waals surface area contributed by atoms with Gasteiger partial charge in [-0.3, -0.25) is 5.43 Å². The van der Waals surface area contributed by atoms with Crippen LogP contribution < -0.4 is 16.6 Å². The van der Waals surface area contributed by atoms with Gasteiger partial charge in [-0.1, -0.05) is 0 Å². The average Bonchev–Trinajstić information content (AvgIpc) is 2.80. The number of hydrazine groups is 1. The van der Waals surface area contributed by atoms with Gasteiger partial charge in [-0.25, -0.2) is 10.8 Å². The molecule has 1 aliphatic carbocycles. The van der Waals surface area contributed by atoms with Crippen molar-refractivity contribution in [2.75, 3.05) is 13.2 Å². The first kappa shape index (κ1) is 8.77. The maximum absolute atomic E-state index is 5.34. The van der Waals surface area contributed by atoms with E-state index < -0.39 is 0 Å². The summed E-state index contributed by atoms with van der Waals surface area (Å²) in [7, 11) is 0. The zero-order valence-corrected chi connectivity index (χ0v) is 7.62. The highest BCUT2D eigenvalue weighted by atomic mass is 16.5. The second-order valence-electron chi connectivity index (χ2n) is 3.56. The topological polar surface area (TPSA) is 71.7 Å². The molecule has 0 aromatic heterocycles. The van der Waals surface area contributed by atoms with Crippen LogP contribution in [0.4, 0.5) is 0 Å². The van der Waals surface area contributed by atoms with E-state index in [9.17, 15) is 0 Å². The molecule has 1 saturated carbocycles. The van der Waals surface area contributed by atoms with Gasteiger partial charge in [-0.2, -0.15) is 0 Å². The quantitative estimate of drug-likeness (QED) is 0.231. The molecular formula is C8H16N4O. The molecule has 5 heteroatoms. The van der Waals surface area contributed by atoms with Crippen LogP contribution in [-0.2, 0) is 4.74 Å². The van der Waals surface area contributed by atoms with E-state index in [0.29, 0.717) is 18.0 Å². The number of nitrogens with one attached hydrogen (secondary N) is 2. The van der Waals surface area contributed by atoms with Crippen molar-refractivity contribution in [3.8, 4) is 0 Å². The zero-order chi connectivity index (χ0) is 9.10. The van der Waals surface area contributed by atoms with Gasteiger partial charge in [0, 0.05) is 6.61 Å². The van der Waals surface area contributed by atoms with Crippen LogP contribution in [0.1, 0.15) is 19.3 Å². The molecule has 0 amide bonds. The largest absolute Gasteiger partial charge is 0.379 e. The molecule has 0 aromatic carbocycles. The second kappa shape index (κ2) is 3.93. The molecule has 74 valence electrons. The molecule has 0 radical (unpaired) electrons. The third-order valence-corrected chi connectivity index (χ3v) is 2.27. The molecule has 0 aromatic rings. The van der Waals surface area contributed by atoms with Crippen molar-refractivity contribution in [3.05, 3.63) is 0 Å². The van der Waals surface area contributed by atoms with Crippen LogP contribution in [-0.4, -0.2) is 31.3 Å². The van der Waals surface area contributed by atoms with Gasteiger partial charge in [-0.15, -0.1) is 0 Å². The number of aliphatic imine (C=N–C) groups is 1. The van der Waals surface area contributed by atoms with Crippen molar-refractivity contribution in [3.63, 3.8) is 0 Å². The Kier molecular flexibility index (Phi) is 2.65. The van der Waals surface area contributed by atoms with Crippen LogP contribution in [0, 0.1) is 0 Å². The number of rotatable bonds is 2. The minimum atomic E-state index is 0.369. The highest BCUT2D eigenvalue weighted by molar-refractivity contribution is 5.79. The fourth-order valence-corrected chi connectivity index (χ4v) is 1.34. The summed E-state index contributed by atoms with van der Waals surface area (Å²) < 4.78 is 5.24. The molecule has 1 heterocycles. The number of nitrogens with zero attached hydrogens (tertiary/aromatic N) is 1. The van der Waals surface area contributed by atoms with Gasteiger partial charge in [-0.05, 0) is 19.3 Å². The third kappa shape index (κ3) is 2.57. The number of hydrogen-bond acceptors (Lipinski definition) is 3. The monoisotopic (exact) mass is 184 g/mol. The molecule has 0 spiro atoms. The van der Waals surface area contributed by atoms with Gasteiger partial charge in [0.2, 0.25) is 5.96 Å². The minimum absolute atomic E-state index is 0.369. The molecule has 13 heavy (non-hydrogen) atoms. The number of hydrogen-bond donors (Lipinski definition) is 3. The molecular weight excluding hydrogens is 168 g/mol. The zero-order valence-electron chi connectivity index (χ0n) is 7.62. The van der Waals surface area contributed by atoms with Crippen molar-refractivity contribution in [2.45, 2.75) is 31.3 Å². The van der Waals surface area contributed by atoms with Crippen LogP contribution in [0.3, 0.4) is 0 Å². The molecule has 2 fully saturated rings. The summed E-state index contributed by atoms with van der Waals surface area (Å²) in [6.45, 7) is 1.59. The lowest BCUT2D eigenvalue weighted by Gasteiger charge is -2.13. The predicted octanol–water partition coefficient (Wildman–Crippen LogP) is -0.653. The highest BCUT2D eigenvalue weighted by Gasteiger charge is 2.22. The molecule has 1 saturated heterocycles. The van der Waals surface area contributed by atoms with E-state index in [-0.39, 0.29) is 0 Å². The Labute approximate surface area is 77.7 Å². The number of ether oxygens (including phenoxy) is 1. The van der Waals surface area contributed by atoms with Gasteiger partial charge >= 0.3 is 0 Å². The molecule has 1 unspecified atom stereocenters. The van der Waals surface area contributed by atoms with E-state index in [0.717, 1.165) is 19.6 Å². The maximum atomic E-state index is 5.34. The van der Waals surface area contributed by atoms with Gasteiger partial charge in [0.15, 0.2) is 0 Å². The molecule has 2 aliphatic rings. The van der Waals surface area contributed by atoms with Crippen molar-refractivity contribution >= 4 is 5.96 Å². The van der Waals surface area contributed by atoms with E-state index in [4.69, 9.17) is 10.6 Å². The smallest absolute Gasteiger partial charge is 0.206 e. The fraction of sp³-hybridized carbons (Fsp3) is 0.875. The first-order valence-electron chi connectivity index (χ1n) is 4.77. The van der Waals surface area contributed by atoms with Gasteiger partial charge in [0.05, 0.1) is 18.7 Å². The van der Waals surface area contributed by atoms with E-state index in [1.807, 2.05) is 0 Å². The average molecular weight is 184 g/mol. The lowest BCUT2D eigenvalue weighted by Crippen LogP contribution is -2.46. The summed E-state index contributed by atoms with van der Waals surface area (Å²) >= 11 is 0. The van der Waals surface area contributed by atoms with Crippen LogP contribution >= 0.6 is 0 Å². The van der Waals surface area contributed by atoms with Gasteiger partial charge in [0.1, 0.15) is 0 Å². The summed E-state index contributed by atoms with van der Waals surface area (Å²) in [5.41, 5.74) is 2.58. The van der Waals surface area contributed by atoms with Crippen molar-refractivity contribution < 1.29 is 4.74 Å². The van der Waals surface area contributed by atoms with E-state index in [2.05, 4.69) is 15.7 Å². The Bertz CT molecular complexity index is 196. The molecule has 1 atom stereocenters. The standard InChI is InChI=1S/C8H16N4O/c9-12-8(10-6-1-2-6)11-7-3-4-13-5-7/h6-7H,1-5,9H2,(H2,10,11,12). The third-order valence-electron chi connectivity index (χ3n) is 2.27. The second-order valence-corrected chi connectivity index (χ2v) is 3.56. The summed E-state index contributed by atoms with van der Waals surface area (Å²) in [5.74, 6) is 6.05. The highest BCUT2D eigenvalue weighted by Crippen LogP contribution is 2.23. The lowest BCUT2D eigenvalue weighted by molar-refractivity contribution is 0.192. The normalized spacial score (nSPS) is 29.0. The summed E-state index contributed by atoms with van der Waals surface area (Å²) in [4.78, 5) is 4.38. The first-order valence-corrected chi connectivity index (χ1v) is 4.77. The Morgan fingerprint density at radius 3 is 2.77 bits per heavy atom. The first-order chi connectivity index (χ1) is 6.38. The summed E-state index contributed by atoms with van der Waals surface area (Å²) in [5, 5.41) is 3.23. The van der Waals surface area contributed by atoms with Crippen LogP contribution in [0.2, 0.25) is 0 Å². The van der Waals surface area contributed by atoms with Crippen molar-refractivity contribution in [2.24, 2.45) is 10.8 Å². The Hall–Kier alpha value is -0.810. The number of nitrogens with two attached hydrogens (primary N) is 1. The Morgan fingerprint density at radius 1 is 1.38 bits per heavy atom.